The van der Waals surface area contributed by atoms with Crippen LogP contribution in [0.25, 0.3) is 71.4 Å². The van der Waals surface area contributed by atoms with E-state index in [1.807, 2.05) is 10.6 Å². The first kappa shape index (κ1) is 19.4. The van der Waals surface area contributed by atoms with E-state index in [0.717, 1.165) is 16.6 Å². The molecule has 2 heterocycles. The molecule has 8 rings (SSSR count). The fourth-order valence-electron chi connectivity index (χ4n) is 5.60. The van der Waals surface area contributed by atoms with E-state index >= 15 is 0 Å². The molecule has 0 bridgehead atoms. The lowest BCUT2D eigenvalue weighted by Crippen LogP contribution is -1.86. The van der Waals surface area contributed by atoms with Gasteiger partial charge >= 0.3 is 5.84 Å². The zero-order valence-corrected chi connectivity index (χ0v) is 19.3. The van der Waals surface area contributed by atoms with Gasteiger partial charge in [0.2, 0.25) is 0 Å². The summed E-state index contributed by atoms with van der Waals surface area (Å²) in [4.78, 5) is 4.55. The second kappa shape index (κ2) is 7.30. The molecule has 3 nitrogen and oxygen atoms in total. The van der Waals surface area contributed by atoms with Crippen LogP contribution in [0.4, 0.5) is 0 Å². The minimum atomic E-state index is 0.617. The van der Waals surface area contributed by atoms with E-state index in [1.165, 1.54) is 49.0 Å². The number of hydrogen-bond donors (Lipinski definition) is 0. The molecule has 0 aliphatic carbocycles. The van der Waals surface area contributed by atoms with Gasteiger partial charge in [0.25, 0.3) is 0 Å². The van der Waals surface area contributed by atoms with Gasteiger partial charge in [-0.25, -0.2) is 0 Å². The molecule has 168 valence electrons. The number of nitrogens with zero attached hydrogens (tertiary/aromatic N) is 2. The van der Waals surface area contributed by atoms with Gasteiger partial charge in [-0.3, -0.25) is 4.40 Å². The Bertz CT molecular complexity index is 2080. The molecule has 6 aromatic carbocycles. The second-order valence-corrected chi connectivity index (χ2v) is 9.30. The standard InChI is InChI=1S/C33H20N2O/c1-2-10-27-25(8-1)26-9-3-4-11-28(26)30-19-23(12-14-29(27)30)21-6-5-7-22(18-21)24-13-15-31-32(20-24)35-16-17-36-33(35)34-31/h1-20H. The van der Waals surface area contributed by atoms with Crippen LogP contribution in [0, 0.1) is 0 Å². The third kappa shape index (κ3) is 2.77. The van der Waals surface area contributed by atoms with Crippen molar-refractivity contribution in [3.05, 3.63) is 122 Å². The van der Waals surface area contributed by atoms with Crippen molar-refractivity contribution >= 4 is 49.2 Å². The summed E-state index contributed by atoms with van der Waals surface area (Å²) < 4.78 is 7.46. The first-order valence-corrected chi connectivity index (χ1v) is 12.1. The lowest BCUT2D eigenvalue weighted by atomic mass is 9.91. The van der Waals surface area contributed by atoms with Crippen molar-refractivity contribution < 1.29 is 4.42 Å². The lowest BCUT2D eigenvalue weighted by Gasteiger charge is -2.12. The normalized spacial score (nSPS) is 11.9. The minimum absolute atomic E-state index is 0.617. The van der Waals surface area contributed by atoms with Gasteiger partial charge in [0.1, 0.15) is 6.26 Å². The summed E-state index contributed by atoms with van der Waals surface area (Å²) in [5.74, 6) is 0.617. The van der Waals surface area contributed by atoms with E-state index in [2.05, 4.69) is 114 Å². The van der Waals surface area contributed by atoms with Gasteiger partial charge in [-0.15, -0.1) is 0 Å². The van der Waals surface area contributed by atoms with Crippen molar-refractivity contribution in [2.45, 2.75) is 0 Å². The molecule has 36 heavy (non-hydrogen) atoms. The number of imidazole rings is 1. The Kier molecular flexibility index (Phi) is 3.94. The number of aromatic nitrogens is 2. The molecule has 0 saturated carbocycles. The SMILES string of the molecule is c1cc(-c2ccc3c4ccccc4c4ccccc4c3c2)cc(-c2ccc3nc4occn4c3c2)c1. The maximum atomic E-state index is 5.47. The molecule has 0 spiro atoms. The lowest BCUT2D eigenvalue weighted by molar-refractivity contribution is 0.597. The topological polar surface area (TPSA) is 30.4 Å². The smallest absolute Gasteiger partial charge is 0.306 e. The van der Waals surface area contributed by atoms with Crippen LogP contribution in [0.3, 0.4) is 0 Å². The Morgan fingerprint density at radius 1 is 0.500 bits per heavy atom. The monoisotopic (exact) mass is 460 g/mol. The number of hydrogen-bond acceptors (Lipinski definition) is 2. The highest BCUT2D eigenvalue weighted by atomic mass is 16.3. The molecule has 0 radical (unpaired) electrons. The summed E-state index contributed by atoms with van der Waals surface area (Å²) in [6.07, 6.45) is 3.58. The van der Waals surface area contributed by atoms with Gasteiger partial charge in [-0.05, 0) is 78.8 Å². The fourth-order valence-corrected chi connectivity index (χ4v) is 5.60. The average Bonchev–Trinajstić information content (AvgIpc) is 3.54. The van der Waals surface area contributed by atoms with Crippen LogP contribution in [0.1, 0.15) is 0 Å². The Morgan fingerprint density at radius 3 is 1.81 bits per heavy atom. The van der Waals surface area contributed by atoms with E-state index in [1.54, 1.807) is 6.26 Å². The van der Waals surface area contributed by atoms with Gasteiger partial charge in [0, 0.05) is 6.20 Å². The minimum Gasteiger partial charge on any atom is -0.432 e. The van der Waals surface area contributed by atoms with E-state index in [-0.39, 0.29) is 0 Å². The average molecular weight is 461 g/mol. The summed E-state index contributed by atoms with van der Waals surface area (Å²) in [6, 6.07) is 39.5. The van der Waals surface area contributed by atoms with Crippen LogP contribution >= 0.6 is 0 Å². The Morgan fingerprint density at radius 2 is 1.08 bits per heavy atom. The predicted octanol–water partition coefficient (Wildman–Crippen LogP) is 8.87. The first-order chi connectivity index (χ1) is 17.8. The Balaban J connectivity index is 1.32. The molecule has 0 atom stereocenters. The highest BCUT2D eigenvalue weighted by molar-refractivity contribution is 6.25. The second-order valence-electron chi connectivity index (χ2n) is 9.30. The first-order valence-electron chi connectivity index (χ1n) is 12.1. The summed E-state index contributed by atoms with van der Waals surface area (Å²) in [5.41, 5.74) is 6.73. The van der Waals surface area contributed by atoms with Crippen LogP contribution in [0.5, 0.6) is 0 Å². The van der Waals surface area contributed by atoms with Gasteiger partial charge < -0.3 is 4.42 Å². The maximum Gasteiger partial charge on any atom is 0.306 e. The van der Waals surface area contributed by atoms with Crippen molar-refractivity contribution in [2.24, 2.45) is 0 Å². The van der Waals surface area contributed by atoms with Crippen LogP contribution in [-0.4, -0.2) is 9.38 Å². The number of rotatable bonds is 2. The van der Waals surface area contributed by atoms with Crippen LogP contribution < -0.4 is 0 Å². The highest BCUT2D eigenvalue weighted by Gasteiger charge is 2.11. The van der Waals surface area contributed by atoms with Crippen molar-refractivity contribution in [3.63, 3.8) is 0 Å². The van der Waals surface area contributed by atoms with Gasteiger partial charge in [-0.1, -0.05) is 84.9 Å². The molecule has 3 heteroatoms. The molecule has 0 fully saturated rings. The number of fused-ring (bicyclic) bond motifs is 9. The molecule has 0 saturated heterocycles. The van der Waals surface area contributed by atoms with Crippen LogP contribution in [-0.2, 0) is 0 Å². The quantitative estimate of drug-likeness (QED) is 0.241. The predicted molar refractivity (Wildman–Crippen MR) is 148 cm³/mol. The van der Waals surface area contributed by atoms with E-state index < -0.39 is 0 Å². The molecule has 0 amide bonds. The number of oxazole rings is 1. The molecule has 8 aromatic rings. The van der Waals surface area contributed by atoms with Crippen molar-refractivity contribution in [1.29, 1.82) is 0 Å². The third-order valence-electron chi connectivity index (χ3n) is 7.31. The van der Waals surface area contributed by atoms with Crippen LogP contribution in [0.15, 0.2) is 126 Å². The van der Waals surface area contributed by atoms with Gasteiger partial charge in [-0.2, -0.15) is 4.98 Å². The molecule has 0 unspecified atom stereocenters. The number of benzene rings is 6. The van der Waals surface area contributed by atoms with Crippen molar-refractivity contribution in [1.82, 2.24) is 9.38 Å². The molecule has 0 N–H and O–H groups in total. The largest absolute Gasteiger partial charge is 0.432 e. The third-order valence-corrected chi connectivity index (χ3v) is 7.31. The van der Waals surface area contributed by atoms with Crippen molar-refractivity contribution in [2.75, 3.05) is 0 Å². The zero-order valence-electron chi connectivity index (χ0n) is 19.3. The molecular formula is C33H20N2O. The fraction of sp³-hybridized carbons (Fsp3) is 0. The molecule has 0 aliphatic heterocycles. The summed E-state index contributed by atoms with van der Waals surface area (Å²) in [5, 5.41) is 7.77. The summed E-state index contributed by atoms with van der Waals surface area (Å²) in [6.45, 7) is 0. The molecule has 2 aromatic heterocycles. The van der Waals surface area contributed by atoms with E-state index in [9.17, 15) is 0 Å². The van der Waals surface area contributed by atoms with Crippen molar-refractivity contribution in [3.8, 4) is 22.3 Å². The summed E-state index contributed by atoms with van der Waals surface area (Å²) >= 11 is 0. The molecular weight excluding hydrogens is 440 g/mol. The zero-order chi connectivity index (χ0) is 23.6. The summed E-state index contributed by atoms with van der Waals surface area (Å²) in [7, 11) is 0. The van der Waals surface area contributed by atoms with E-state index in [0.29, 0.717) is 5.84 Å². The maximum absolute atomic E-state index is 5.47. The van der Waals surface area contributed by atoms with Crippen LogP contribution in [0.2, 0.25) is 0 Å². The molecule has 0 aliphatic rings. The Labute approximate surface area is 206 Å². The Hall–Kier alpha value is -4.89. The highest BCUT2D eigenvalue weighted by Crippen LogP contribution is 2.37. The van der Waals surface area contributed by atoms with Gasteiger partial charge in [0.05, 0.1) is 11.0 Å². The van der Waals surface area contributed by atoms with E-state index in [4.69, 9.17) is 4.42 Å². The van der Waals surface area contributed by atoms with Gasteiger partial charge in [0.15, 0.2) is 0 Å².